The highest BCUT2D eigenvalue weighted by Crippen LogP contribution is 2.10. The number of ether oxygens (including phenoxy) is 1. The Labute approximate surface area is 77.3 Å². The predicted octanol–water partition coefficient (Wildman–Crippen LogP) is 0.394. The third-order valence-corrected chi connectivity index (χ3v) is 1.07. The lowest BCUT2D eigenvalue weighted by molar-refractivity contribution is -0.172. The van der Waals surface area contributed by atoms with E-state index in [1.807, 2.05) is 20.8 Å². The minimum absolute atomic E-state index is 0.279. The molecule has 0 spiro atoms. The third kappa shape index (κ3) is 6.10. The van der Waals surface area contributed by atoms with Gasteiger partial charge in [0.1, 0.15) is 0 Å². The molecule has 0 radical (unpaired) electrons. The molecule has 0 rings (SSSR count). The van der Waals surface area contributed by atoms with Crippen molar-refractivity contribution in [3.8, 4) is 0 Å². The molecule has 76 valence electrons. The fourth-order valence-corrected chi connectivity index (χ4v) is 0.744. The molecule has 1 amide bonds. The fourth-order valence-electron chi connectivity index (χ4n) is 0.744. The van der Waals surface area contributed by atoms with E-state index in [2.05, 4.69) is 4.84 Å². The van der Waals surface area contributed by atoms with Gasteiger partial charge in [-0.1, -0.05) is 0 Å². The number of hydrogen-bond donors (Lipinski definition) is 1. The number of carbonyl (C=O) groups excluding carboxylic acids is 2. The first-order valence-corrected chi connectivity index (χ1v) is 3.94. The number of hydrogen-bond acceptors (Lipinski definition) is 4. The minimum Gasteiger partial charge on any atom is -0.361 e. The fraction of sp³-hybridized carbons (Fsp3) is 0.750. The van der Waals surface area contributed by atoms with Gasteiger partial charge in [0.25, 0.3) is 0 Å². The molecule has 0 fully saturated rings. The summed E-state index contributed by atoms with van der Waals surface area (Å²) in [6.07, 6.45) is -0.422. The van der Waals surface area contributed by atoms with E-state index in [1.165, 1.54) is 0 Å². The quantitative estimate of drug-likeness (QED) is 0.513. The average Bonchev–Trinajstić information content (AvgIpc) is 1.96. The SMILES string of the molecule is CC(OC(C)(C)C)C(=O)ONC=O. The van der Waals surface area contributed by atoms with Crippen molar-refractivity contribution in [2.75, 3.05) is 0 Å². The van der Waals surface area contributed by atoms with E-state index < -0.39 is 17.7 Å². The molecule has 1 atom stereocenters. The summed E-state index contributed by atoms with van der Waals surface area (Å²) < 4.78 is 5.27. The zero-order valence-electron chi connectivity index (χ0n) is 8.29. The molecular weight excluding hydrogens is 174 g/mol. The maximum Gasteiger partial charge on any atom is 0.360 e. The summed E-state index contributed by atoms with van der Waals surface area (Å²) in [6.45, 7) is 7.03. The van der Waals surface area contributed by atoms with Crippen LogP contribution in [0.3, 0.4) is 0 Å². The molecule has 0 heterocycles. The van der Waals surface area contributed by atoms with Gasteiger partial charge in [-0.2, -0.15) is 5.48 Å². The minimum atomic E-state index is -0.701. The van der Waals surface area contributed by atoms with E-state index >= 15 is 0 Å². The molecule has 0 aliphatic heterocycles. The molecule has 0 aromatic rings. The average molecular weight is 189 g/mol. The molecule has 0 aromatic heterocycles. The van der Waals surface area contributed by atoms with Crippen LogP contribution in [0.1, 0.15) is 27.7 Å². The molecule has 13 heavy (non-hydrogen) atoms. The lowest BCUT2D eigenvalue weighted by Gasteiger charge is -2.23. The second-order valence-electron chi connectivity index (χ2n) is 3.53. The Morgan fingerprint density at radius 2 is 2.00 bits per heavy atom. The van der Waals surface area contributed by atoms with E-state index in [9.17, 15) is 9.59 Å². The van der Waals surface area contributed by atoms with Crippen molar-refractivity contribution in [2.45, 2.75) is 39.4 Å². The van der Waals surface area contributed by atoms with Crippen LogP contribution in [0.2, 0.25) is 0 Å². The van der Waals surface area contributed by atoms with E-state index in [0.29, 0.717) is 0 Å². The van der Waals surface area contributed by atoms with Gasteiger partial charge in [0.05, 0.1) is 5.60 Å². The van der Waals surface area contributed by atoms with Gasteiger partial charge in [-0.05, 0) is 27.7 Å². The maximum atomic E-state index is 11.0. The zero-order chi connectivity index (χ0) is 10.5. The van der Waals surface area contributed by atoms with Gasteiger partial charge in [-0.15, -0.1) is 0 Å². The van der Waals surface area contributed by atoms with Crippen LogP contribution < -0.4 is 5.48 Å². The molecule has 0 bridgehead atoms. The van der Waals surface area contributed by atoms with Gasteiger partial charge in [-0.3, -0.25) is 4.79 Å². The van der Waals surface area contributed by atoms with Crippen LogP contribution >= 0.6 is 0 Å². The van der Waals surface area contributed by atoms with E-state index in [1.54, 1.807) is 12.4 Å². The van der Waals surface area contributed by atoms with Gasteiger partial charge < -0.3 is 9.57 Å². The Hall–Kier alpha value is -1.10. The molecule has 1 N–H and O–H groups in total. The molecule has 0 saturated heterocycles. The van der Waals surface area contributed by atoms with E-state index in [0.717, 1.165) is 0 Å². The molecule has 0 aliphatic rings. The van der Waals surface area contributed by atoms with Crippen LogP contribution in [0.25, 0.3) is 0 Å². The monoisotopic (exact) mass is 189 g/mol. The Morgan fingerprint density at radius 3 is 2.38 bits per heavy atom. The number of nitrogens with one attached hydrogen (secondary N) is 1. The molecular formula is C8H15NO4. The highest BCUT2D eigenvalue weighted by atomic mass is 16.7. The third-order valence-electron chi connectivity index (χ3n) is 1.07. The van der Waals surface area contributed by atoms with Crippen LogP contribution in [0, 0.1) is 0 Å². The normalized spacial score (nSPS) is 13.2. The summed E-state index contributed by atoms with van der Waals surface area (Å²) in [4.78, 5) is 25.1. The number of hydroxylamine groups is 1. The predicted molar refractivity (Wildman–Crippen MR) is 45.6 cm³/mol. The van der Waals surface area contributed by atoms with Crippen molar-refractivity contribution >= 4 is 12.4 Å². The maximum absolute atomic E-state index is 11.0. The standard InChI is InChI=1S/C8H15NO4/c1-6(12-8(2,3)4)7(11)13-9-5-10/h5-6H,1-4H3,(H,9,10). The van der Waals surface area contributed by atoms with E-state index in [-0.39, 0.29) is 6.41 Å². The topological polar surface area (TPSA) is 64.6 Å². The Bertz CT molecular complexity index is 185. The van der Waals surface area contributed by atoms with Gasteiger partial charge in [0.2, 0.25) is 6.41 Å². The van der Waals surface area contributed by atoms with Crippen molar-refractivity contribution in [1.29, 1.82) is 0 Å². The van der Waals surface area contributed by atoms with Crippen molar-refractivity contribution in [1.82, 2.24) is 5.48 Å². The highest BCUT2D eigenvalue weighted by molar-refractivity contribution is 5.74. The van der Waals surface area contributed by atoms with Gasteiger partial charge in [0.15, 0.2) is 6.10 Å². The Kier molecular flexibility index (Phi) is 4.40. The second-order valence-corrected chi connectivity index (χ2v) is 3.53. The van der Waals surface area contributed by atoms with Crippen LogP contribution in [0.4, 0.5) is 0 Å². The molecule has 1 unspecified atom stereocenters. The summed E-state index contributed by atoms with van der Waals surface area (Å²) in [6, 6.07) is 0. The Balaban J connectivity index is 3.89. The lowest BCUT2D eigenvalue weighted by atomic mass is 10.2. The summed E-state index contributed by atoms with van der Waals surface area (Å²) in [5.74, 6) is -0.623. The first kappa shape index (κ1) is 11.9. The van der Waals surface area contributed by atoms with Crippen molar-refractivity contribution in [3.63, 3.8) is 0 Å². The molecule has 0 aliphatic carbocycles. The van der Waals surface area contributed by atoms with Crippen molar-refractivity contribution < 1.29 is 19.2 Å². The summed E-state index contributed by atoms with van der Waals surface area (Å²) in [7, 11) is 0. The van der Waals surface area contributed by atoms with Crippen molar-refractivity contribution in [3.05, 3.63) is 0 Å². The second kappa shape index (κ2) is 4.81. The summed E-state index contributed by atoms with van der Waals surface area (Å²) in [5.41, 5.74) is 1.39. The molecule has 5 heteroatoms. The van der Waals surface area contributed by atoms with Crippen LogP contribution in [0.15, 0.2) is 0 Å². The largest absolute Gasteiger partial charge is 0.361 e. The van der Waals surface area contributed by atoms with Crippen LogP contribution in [0.5, 0.6) is 0 Å². The number of rotatable bonds is 4. The van der Waals surface area contributed by atoms with Gasteiger partial charge >= 0.3 is 5.97 Å². The zero-order valence-corrected chi connectivity index (χ0v) is 8.29. The summed E-state index contributed by atoms with van der Waals surface area (Å²) >= 11 is 0. The molecule has 0 aromatic carbocycles. The summed E-state index contributed by atoms with van der Waals surface area (Å²) in [5, 5.41) is 0. The first-order valence-electron chi connectivity index (χ1n) is 3.94. The number of amides is 1. The highest BCUT2D eigenvalue weighted by Gasteiger charge is 2.22. The van der Waals surface area contributed by atoms with Gasteiger partial charge in [-0.25, -0.2) is 4.79 Å². The first-order chi connectivity index (χ1) is 5.87. The lowest BCUT2D eigenvalue weighted by Crippen LogP contribution is -2.34. The Morgan fingerprint density at radius 1 is 1.46 bits per heavy atom. The van der Waals surface area contributed by atoms with Crippen LogP contribution in [-0.4, -0.2) is 24.1 Å². The molecule has 5 nitrogen and oxygen atoms in total. The smallest absolute Gasteiger partial charge is 0.360 e. The van der Waals surface area contributed by atoms with Crippen molar-refractivity contribution in [2.24, 2.45) is 0 Å². The van der Waals surface area contributed by atoms with Crippen LogP contribution in [-0.2, 0) is 19.2 Å². The van der Waals surface area contributed by atoms with Gasteiger partial charge in [0, 0.05) is 0 Å². The molecule has 0 saturated carbocycles. The number of carbonyl (C=O) groups is 2. The van der Waals surface area contributed by atoms with E-state index in [4.69, 9.17) is 4.74 Å².